The van der Waals surface area contributed by atoms with Gasteiger partial charge in [0.15, 0.2) is 11.5 Å². The first-order chi connectivity index (χ1) is 10.1. The molecule has 0 unspecified atom stereocenters. The second-order valence-corrected chi connectivity index (χ2v) is 5.46. The Morgan fingerprint density at radius 1 is 1.41 bits per heavy atom. The average Bonchev–Trinajstić information content (AvgIpc) is 2.49. The molecule has 0 atom stereocenters. The van der Waals surface area contributed by atoms with Gasteiger partial charge in [-0.05, 0) is 31.9 Å². The van der Waals surface area contributed by atoms with Crippen LogP contribution in [0.2, 0.25) is 5.02 Å². The summed E-state index contributed by atoms with van der Waals surface area (Å²) in [6.45, 7) is 3.69. The summed E-state index contributed by atoms with van der Waals surface area (Å²) in [5, 5.41) is 0.383. The van der Waals surface area contributed by atoms with Crippen molar-refractivity contribution < 1.29 is 14.3 Å². The van der Waals surface area contributed by atoms with Crippen LogP contribution < -0.4 is 15.2 Å². The maximum atomic E-state index is 12.5. The zero-order valence-corrected chi connectivity index (χ0v) is 14.4. The van der Waals surface area contributed by atoms with Gasteiger partial charge in [-0.3, -0.25) is 4.79 Å². The van der Waals surface area contributed by atoms with E-state index in [0.29, 0.717) is 41.8 Å². The van der Waals surface area contributed by atoms with Gasteiger partial charge >= 0.3 is 0 Å². The minimum absolute atomic E-state index is 0. The number of amides is 1. The summed E-state index contributed by atoms with van der Waals surface area (Å²) in [5.41, 5.74) is 6.37. The molecule has 1 aromatic rings. The SMILES string of the molecule is CCOc1c(Cl)cc(C(=O)N2CCC(N)CC2)cc1OC.Cl. The van der Waals surface area contributed by atoms with E-state index in [1.807, 2.05) is 6.92 Å². The predicted octanol–water partition coefficient (Wildman–Crippen LogP) is 2.73. The van der Waals surface area contributed by atoms with Gasteiger partial charge in [-0.25, -0.2) is 0 Å². The van der Waals surface area contributed by atoms with Crippen LogP contribution in [-0.2, 0) is 0 Å². The number of carbonyl (C=O) groups excluding carboxylic acids is 1. The zero-order chi connectivity index (χ0) is 15.4. The van der Waals surface area contributed by atoms with Gasteiger partial charge in [-0.15, -0.1) is 12.4 Å². The Kier molecular flexibility index (Phi) is 7.26. The highest BCUT2D eigenvalue weighted by Gasteiger charge is 2.23. The Balaban J connectivity index is 0.00000242. The molecule has 2 N–H and O–H groups in total. The second-order valence-electron chi connectivity index (χ2n) is 5.05. The van der Waals surface area contributed by atoms with Gasteiger partial charge in [0, 0.05) is 24.7 Å². The minimum Gasteiger partial charge on any atom is -0.493 e. The van der Waals surface area contributed by atoms with E-state index in [-0.39, 0.29) is 24.4 Å². The highest BCUT2D eigenvalue weighted by molar-refractivity contribution is 6.32. The number of benzene rings is 1. The maximum absolute atomic E-state index is 12.5. The molecule has 1 heterocycles. The lowest BCUT2D eigenvalue weighted by atomic mass is 10.0. The number of rotatable bonds is 4. The molecule has 0 spiro atoms. The van der Waals surface area contributed by atoms with Gasteiger partial charge in [-0.1, -0.05) is 11.6 Å². The van der Waals surface area contributed by atoms with E-state index in [9.17, 15) is 4.79 Å². The summed E-state index contributed by atoms with van der Waals surface area (Å²) < 4.78 is 10.7. The van der Waals surface area contributed by atoms with Gasteiger partial charge in [0.1, 0.15) is 0 Å². The molecular weight excluding hydrogens is 327 g/mol. The van der Waals surface area contributed by atoms with Crippen LogP contribution in [0.15, 0.2) is 12.1 Å². The number of piperidine rings is 1. The third kappa shape index (κ3) is 4.18. The molecule has 1 amide bonds. The Bertz CT molecular complexity index is 518. The van der Waals surface area contributed by atoms with Gasteiger partial charge in [0.25, 0.3) is 5.91 Å². The summed E-state index contributed by atoms with van der Waals surface area (Å²) >= 11 is 6.20. The van der Waals surface area contributed by atoms with Crippen LogP contribution >= 0.6 is 24.0 Å². The van der Waals surface area contributed by atoms with Crippen LogP contribution in [0.4, 0.5) is 0 Å². The Morgan fingerprint density at radius 3 is 2.59 bits per heavy atom. The van der Waals surface area contributed by atoms with Crippen molar-refractivity contribution in [1.29, 1.82) is 0 Å². The normalized spacial score (nSPS) is 15.2. The van der Waals surface area contributed by atoms with E-state index in [1.165, 1.54) is 7.11 Å². The van der Waals surface area contributed by atoms with E-state index in [0.717, 1.165) is 12.8 Å². The van der Waals surface area contributed by atoms with Crippen LogP contribution in [0.25, 0.3) is 0 Å². The Hall–Kier alpha value is -1.17. The highest BCUT2D eigenvalue weighted by atomic mass is 35.5. The topological polar surface area (TPSA) is 64.8 Å². The molecule has 1 saturated heterocycles. The average molecular weight is 349 g/mol. The van der Waals surface area contributed by atoms with Crippen molar-refractivity contribution >= 4 is 29.9 Å². The largest absolute Gasteiger partial charge is 0.493 e. The molecule has 0 saturated carbocycles. The van der Waals surface area contributed by atoms with E-state index in [4.69, 9.17) is 26.8 Å². The van der Waals surface area contributed by atoms with Crippen LogP contribution in [0.1, 0.15) is 30.1 Å². The number of likely N-dealkylation sites (tertiary alicyclic amines) is 1. The van der Waals surface area contributed by atoms with E-state index in [2.05, 4.69) is 0 Å². The smallest absolute Gasteiger partial charge is 0.254 e. The number of hydrogen-bond acceptors (Lipinski definition) is 4. The second kappa shape index (κ2) is 8.46. The fraction of sp³-hybridized carbons (Fsp3) is 0.533. The first kappa shape index (κ1) is 18.9. The van der Waals surface area contributed by atoms with Crippen molar-refractivity contribution in [2.24, 2.45) is 5.73 Å². The molecule has 22 heavy (non-hydrogen) atoms. The molecule has 7 heteroatoms. The molecule has 1 aliphatic heterocycles. The number of hydrogen-bond donors (Lipinski definition) is 1. The number of halogens is 2. The van der Waals surface area contributed by atoms with Crippen molar-refractivity contribution in [2.75, 3.05) is 26.8 Å². The highest BCUT2D eigenvalue weighted by Crippen LogP contribution is 2.36. The van der Waals surface area contributed by atoms with Crippen LogP contribution in [-0.4, -0.2) is 43.7 Å². The maximum Gasteiger partial charge on any atom is 0.254 e. The van der Waals surface area contributed by atoms with E-state index in [1.54, 1.807) is 17.0 Å². The fourth-order valence-electron chi connectivity index (χ4n) is 2.41. The van der Waals surface area contributed by atoms with Crippen molar-refractivity contribution in [3.05, 3.63) is 22.7 Å². The van der Waals surface area contributed by atoms with E-state index >= 15 is 0 Å². The van der Waals surface area contributed by atoms with Gasteiger partial charge in [-0.2, -0.15) is 0 Å². The van der Waals surface area contributed by atoms with E-state index < -0.39 is 0 Å². The molecule has 124 valence electrons. The first-order valence-electron chi connectivity index (χ1n) is 7.12. The Labute approximate surface area is 142 Å². The van der Waals surface area contributed by atoms with Gasteiger partial charge in [0.2, 0.25) is 0 Å². The molecule has 0 aliphatic carbocycles. The third-order valence-corrected chi connectivity index (χ3v) is 3.87. The molecule has 1 aliphatic rings. The predicted molar refractivity (Wildman–Crippen MR) is 89.5 cm³/mol. The summed E-state index contributed by atoms with van der Waals surface area (Å²) in [5.74, 6) is 0.894. The molecule has 1 fully saturated rings. The molecule has 1 aromatic carbocycles. The number of nitrogens with zero attached hydrogens (tertiary/aromatic N) is 1. The summed E-state index contributed by atoms with van der Waals surface area (Å²) in [4.78, 5) is 14.3. The van der Waals surface area contributed by atoms with Gasteiger partial charge < -0.3 is 20.1 Å². The lowest BCUT2D eigenvalue weighted by Gasteiger charge is -2.30. The molecule has 0 aromatic heterocycles. The van der Waals surface area contributed by atoms with Crippen LogP contribution in [0, 0.1) is 0 Å². The molecular formula is C15H22Cl2N2O3. The van der Waals surface area contributed by atoms with Crippen LogP contribution in [0.3, 0.4) is 0 Å². The number of carbonyl (C=O) groups is 1. The first-order valence-corrected chi connectivity index (χ1v) is 7.49. The quantitative estimate of drug-likeness (QED) is 0.908. The zero-order valence-electron chi connectivity index (χ0n) is 12.8. The van der Waals surface area contributed by atoms with Crippen LogP contribution in [0.5, 0.6) is 11.5 Å². The summed E-state index contributed by atoms with van der Waals surface area (Å²) in [6.07, 6.45) is 1.65. The monoisotopic (exact) mass is 348 g/mol. The number of methoxy groups -OCH3 is 1. The van der Waals surface area contributed by atoms with Crippen molar-refractivity contribution in [1.82, 2.24) is 4.90 Å². The molecule has 0 radical (unpaired) electrons. The molecule has 5 nitrogen and oxygen atoms in total. The standard InChI is InChI=1S/C15H21ClN2O3.ClH/c1-3-21-14-12(16)8-10(9-13(14)20-2)15(19)18-6-4-11(17)5-7-18;/h8-9,11H,3-7,17H2,1-2H3;1H. The Morgan fingerprint density at radius 2 is 2.05 bits per heavy atom. The lowest BCUT2D eigenvalue weighted by Crippen LogP contribution is -2.42. The van der Waals surface area contributed by atoms with Crippen molar-refractivity contribution in [2.45, 2.75) is 25.8 Å². The number of nitrogens with two attached hydrogens (primary N) is 1. The summed E-state index contributed by atoms with van der Waals surface area (Å²) in [6, 6.07) is 3.49. The third-order valence-electron chi connectivity index (χ3n) is 3.59. The molecule has 0 bridgehead atoms. The number of ether oxygens (including phenoxy) is 2. The molecule has 2 rings (SSSR count). The fourth-order valence-corrected chi connectivity index (χ4v) is 2.68. The van der Waals surface area contributed by atoms with Crippen molar-refractivity contribution in [3.63, 3.8) is 0 Å². The van der Waals surface area contributed by atoms with Crippen molar-refractivity contribution in [3.8, 4) is 11.5 Å². The summed E-state index contributed by atoms with van der Waals surface area (Å²) in [7, 11) is 1.53. The lowest BCUT2D eigenvalue weighted by molar-refractivity contribution is 0.0714. The van der Waals surface area contributed by atoms with Gasteiger partial charge in [0.05, 0.1) is 18.7 Å². The minimum atomic E-state index is -0.0508.